The van der Waals surface area contributed by atoms with Crippen LogP contribution in [0, 0.1) is 0 Å². The zero-order valence-corrected chi connectivity index (χ0v) is 64.0. The Bertz CT molecular complexity index is 2230. The third-order valence-electron chi connectivity index (χ3n) is 12.9. The van der Waals surface area contributed by atoms with E-state index in [0.717, 1.165) is 46.5 Å². The molecule has 0 bridgehead atoms. The van der Waals surface area contributed by atoms with Gasteiger partial charge in [0.25, 0.3) is 0 Å². The Balaban J connectivity index is -0.000000152. The molecule has 12 nitrogen and oxygen atoms in total. The molecule has 0 unspecified atom stereocenters. The highest BCUT2D eigenvalue weighted by molar-refractivity contribution is 7.12. The van der Waals surface area contributed by atoms with E-state index in [-0.39, 0.29) is 59.4 Å². The van der Waals surface area contributed by atoms with Gasteiger partial charge in [0.1, 0.15) is 24.0 Å². The molecule has 0 saturated carbocycles. The number of thiazole rings is 4. The fraction of sp³-hybridized carbons (Fsp3) is 0.700. The monoisotopic (exact) mass is 1420 g/mol. The molecule has 8 rings (SSSR count). The topological polar surface area (TPSA) is 156 Å². The molecule has 8 aromatic rings. The van der Waals surface area contributed by atoms with Crippen molar-refractivity contribution >= 4 is 45.3 Å². The van der Waals surface area contributed by atoms with Crippen LogP contribution in [0.4, 0.5) is 0 Å². The van der Waals surface area contributed by atoms with Crippen molar-refractivity contribution < 1.29 is 17.7 Å². The summed E-state index contributed by atoms with van der Waals surface area (Å²) in [5.41, 5.74) is 4.57. The summed E-state index contributed by atoms with van der Waals surface area (Å²) in [5, 5.41) is 9.37. The van der Waals surface area contributed by atoms with Gasteiger partial charge in [-0.3, -0.25) is 0 Å². The van der Waals surface area contributed by atoms with Gasteiger partial charge in [-0.05, 0) is 35.5 Å². The second-order valence-corrected chi connectivity index (χ2v) is 31.3. The highest BCUT2D eigenvalue weighted by Gasteiger charge is 2.15. The smallest absolute Gasteiger partial charge is 0.196 e. The molecule has 0 aliphatic rings. The van der Waals surface area contributed by atoms with Gasteiger partial charge in [-0.25, -0.2) is 39.9 Å². The highest BCUT2D eigenvalue weighted by atomic mass is 32.1. The third kappa shape index (κ3) is 40.4. The molecule has 0 amide bonds. The first-order valence-electron chi connectivity index (χ1n) is 32.5. The van der Waals surface area contributed by atoms with Crippen LogP contribution < -0.4 is 0 Å². The molecule has 0 aliphatic carbocycles. The standard InChI is InChI=1S/4C9H15NO.4C9H15NS.8CH4/c2*1-6(2)8-5-11-9(10-8)7(3)4;2*1-6(2)8-5-10-9(11-8)7(3)4;2*1-6(2)8-5-11-9(10-8)7(3)4;2*1-6(2)8-5-10-9(11-8)7(3)4;;;;;;;;/h8*5-7H,1-4H3;8*1H4. The van der Waals surface area contributed by atoms with Crippen LogP contribution >= 0.6 is 45.3 Å². The largest absolute Gasteiger partial charge is 0.448 e. The van der Waals surface area contributed by atoms with Crippen molar-refractivity contribution in [1.29, 1.82) is 0 Å². The lowest BCUT2D eigenvalue weighted by molar-refractivity contribution is 0.422. The van der Waals surface area contributed by atoms with Gasteiger partial charge in [0.15, 0.2) is 23.6 Å². The van der Waals surface area contributed by atoms with Crippen LogP contribution in [0.15, 0.2) is 65.7 Å². The van der Waals surface area contributed by atoms with Crippen molar-refractivity contribution in [3.8, 4) is 0 Å². The van der Waals surface area contributed by atoms with Crippen molar-refractivity contribution in [2.24, 2.45) is 0 Å². The van der Waals surface area contributed by atoms with Crippen molar-refractivity contribution in [3.05, 3.63) is 136 Å². The molecule has 96 heavy (non-hydrogen) atoms. The van der Waals surface area contributed by atoms with Crippen LogP contribution in [0.1, 0.15) is 463 Å². The predicted octanol–water partition coefficient (Wildman–Crippen LogP) is 30.3. The van der Waals surface area contributed by atoms with Gasteiger partial charge < -0.3 is 17.7 Å². The van der Waals surface area contributed by atoms with Crippen LogP contribution in [0.5, 0.6) is 0 Å². The summed E-state index contributed by atoms with van der Waals surface area (Å²) in [7, 11) is 0. The van der Waals surface area contributed by atoms with Crippen LogP contribution in [0.25, 0.3) is 0 Å². The minimum absolute atomic E-state index is 0. The van der Waals surface area contributed by atoms with E-state index in [1.54, 1.807) is 35.2 Å². The van der Waals surface area contributed by atoms with E-state index in [0.29, 0.717) is 94.7 Å². The normalized spacial score (nSPS) is 10.5. The number of nitrogens with zero attached hydrogens (tertiary/aromatic N) is 8. The van der Waals surface area contributed by atoms with Gasteiger partial charge in [-0.2, -0.15) is 0 Å². The molecule has 0 atom stereocenters. The van der Waals surface area contributed by atoms with Gasteiger partial charge >= 0.3 is 0 Å². The second kappa shape index (κ2) is 54.2. The van der Waals surface area contributed by atoms with Crippen LogP contribution in [-0.2, 0) is 0 Å². The van der Waals surface area contributed by atoms with Crippen LogP contribution in [0.3, 0.4) is 0 Å². The first kappa shape index (κ1) is 107. The molecule has 560 valence electrons. The minimum Gasteiger partial charge on any atom is -0.448 e. The van der Waals surface area contributed by atoms with Crippen molar-refractivity contribution in [2.45, 2.75) is 376 Å². The zero-order valence-electron chi connectivity index (χ0n) is 60.7. The van der Waals surface area contributed by atoms with E-state index >= 15 is 0 Å². The number of rotatable bonds is 16. The number of aromatic nitrogens is 8. The summed E-state index contributed by atoms with van der Waals surface area (Å²) in [5.74, 6) is 13.4. The van der Waals surface area contributed by atoms with Crippen LogP contribution in [0.2, 0.25) is 0 Å². The fourth-order valence-corrected chi connectivity index (χ4v) is 10.5. The Morgan fingerprint density at radius 1 is 0.250 bits per heavy atom. The summed E-state index contributed by atoms with van der Waals surface area (Å²) < 4.78 is 21.5. The Labute approximate surface area is 610 Å². The fourth-order valence-electron chi connectivity index (χ4n) is 6.66. The van der Waals surface area contributed by atoms with Gasteiger partial charge in [0.2, 0.25) is 0 Å². The van der Waals surface area contributed by atoms with E-state index in [1.807, 2.05) is 47.5 Å². The minimum atomic E-state index is 0. The number of hydrogen-bond acceptors (Lipinski definition) is 16. The molecular formula is C80H152N8O4S4. The van der Waals surface area contributed by atoms with E-state index < -0.39 is 0 Å². The average molecular weight is 1420 g/mol. The maximum Gasteiger partial charge on any atom is 0.196 e. The summed E-state index contributed by atoms with van der Waals surface area (Å²) >= 11 is 7.23. The number of hydrogen-bond donors (Lipinski definition) is 0. The van der Waals surface area contributed by atoms with E-state index in [4.69, 9.17) is 17.7 Å². The molecule has 0 N–H and O–H groups in total. The summed E-state index contributed by atoms with van der Waals surface area (Å²) in [6.45, 7) is 68.5. The second-order valence-electron chi connectivity index (χ2n) is 27.3. The average Bonchev–Trinajstić information content (AvgIpc) is 2.17. The lowest BCUT2D eigenvalue weighted by Gasteiger charge is -1.99. The van der Waals surface area contributed by atoms with E-state index in [2.05, 4.69) is 272 Å². The van der Waals surface area contributed by atoms with Crippen LogP contribution in [-0.4, -0.2) is 39.9 Å². The highest BCUT2D eigenvalue weighted by Crippen LogP contribution is 2.29. The van der Waals surface area contributed by atoms with E-state index in [9.17, 15) is 0 Å². The Hall–Kier alpha value is -4.64. The molecule has 0 aliphatic heterocycles. The molecule has 0 spiro atoms. The van der Waals surface area contributed by atoms with Gasteiger partial charge in [-0.15, -0.1) is 45.3 Å². The molecule has 0 saturated heterocycles. The molecule has 0 aromatic carbocycles. The lowest BCUT2D eigenvalue weighted by Crippen LogP contribution is -1.90. The Kier molecular flexibility index (Phi) is 60.6. The third-order valence-corrected chi connectivity index (χ3v) is 18.4. The maximum atomic E-state index is 5.50. The molecule has 0 fully saturated rings. The molecule has 16 heteroatoms. The first-order chi connectivity index (χ1) is 40.9. The van der Waals surface area contributed by atoms with Gasteiger partial charge in [0.05, 0.1) is 55.2 Å². The molecule has 8 aromatic heterocycles. The SMILES string of the molecule is C.C.C.C.C.C.C.C.CC(C)c1cnc(C(C)C)o1.CC(C)c1cnc(C(C)C)o1.CC(C)c1cnc(C(C)C)s1.CC(C)c1cnc(C(C)C)s1.CC(C)c1coc(C(C)C)n1.CC(C)c1coc(C(C)C)n1.CC(C)c1csc(C(C)C)n1.CC(C)c1csc(C(C)C)n1. The quantitative estimate of drug-likeness (QED) is 0.0904. The lowest BCUT2D eigenvalue weighted by atomic mass is 10.1. The molecular weight excluding hydrogens is 1270 g/mol. The Morgan fingerprint density at radius 2 is 0.510 bits per heavy atom. The summed E-state index contributed by atoms with van der Waals surface area (Å²) in [4.78, 5) is 37.6. The van der Waals surface area contributed by atoms with Gasteiger partial charge in [-0.1, -0.05) is 281 Å². The number of oxazole rings is 4. The zero-order chi connectivity index (χ0) is 67.4. The molecule has 0 radical (unpaired) electrons. The summed E-state index contributed by atoms with van der Waals surface area (Å²) in [6, 6.07) is 0. The summed E-state index contributed by atoms with van der Waals surface area (Å²) in [6.07, 6.45) is 11.1. The first-order valence-corrected chi connectivity index (χ1v) is 35.9. The molecule has 8 heterocycles. The van der Waals surface area contributed by atoms with E-state index in [1.165, 1.54) is 41.2 Å². The Morgan fingerprint density at radius 3 is 0.635 bits per heavy atom. The van der Waals surface area contributed by atoms with Crippen molar-refractivity contribution in [2.75, 3.05) is 0 Å². The predicted molar refractivity (Wildman–Crippen MR) is 434 cm³/mol. The van der Waals surface area contributed by atoms with Gasteiger partial charge in [0, 0.05) is 92.1 Å². The van der Waals surface area contributed by atoms with Crippen molar-refractivity contribution in [1.82, 2.24) is 39.9 Å². The maximum absolute atomic E-state index is 5.50. The van der Waals surface area contributed by atoms with Crippen molar-refractivity contribution in [3.63, 3.8) is 0 Å².